The van der Waals surface area contributed by atoms with Gasteiger partial charge in [0.25, 0.3) is 0 Å². The van der Waals surface area contributed by atoms with E-state index in [4.69, 9.17) is 0 Å². The molecule has 0 heteroatoms. The molecule has 0 saturated heterocycles. The van der Waals surface area contributed by atoms with Crippen molar-refractivity contribution in [1.82, 2.24) is 0 Å². The van der Waals surface area contributed by atoms with E-state index in [0.29, 0.717) is 0 Å². The van der Waals surface area contributed by atoms with Gasteiger partial charge in [-0.25, -0.2) is 0 Å². The molecule has 0 radical (unpaired) electrons. The van der Waals surface area contributed by atoms with E-state index < -0.39 is 0 Å². The summed E-state index contributed by atoms with van der Waals surface area (Å²) in [5.41, 5.74) is 0. The summed E-state index contributed by atoms with van der Waals surface area (Å²) < 4.78 is 0. The van der Waals surface area contributed by atoms with Crippen LogP contribution in [0.5, 0.6) is 0 Å². The smallest absolute Gasteiger partial charge is 0.0352 e. The molecule has 0 N–H and O–H groups in total. The first-order valence-corrected chi connectivity index (χ1v) is 10.7. The summed E-state index contributed by atoms with van der Waals surface area (Å²) in [4.78, 5) is 0. The highest BCUT2D eigenvalue weighted by Gasteiger charge is 2.51. The molecule has 0 heterocycles. The predicted molar refractivity (Wildman–Crippen MR) is 99.0 cm³/mol. The number of unbranched alkanes of at least 4 members (excludes halogenated alkanes) is 2. The van der Waals surface area contributed by atoms with E-state index in [-0.39, 0.29) is 0 Å². The van der Waals surface area contributed by atoms with Gasteiger partial charge in [-0.15, -0.1) is 0 Å². The summed E-state index contributed by atoms with van der Waals surface area (Å²) >= 11 is 0. The molecule has 0 spiro atoms. The van der Waals surface area contributed by atoms with Crippen LogP contribution >= 0.6 is 0 Å². The highest BCUT2D eigenvalue weighted by molar-refractivity contribution is 5.01. The lowest BCUT2D eigenvalue weighted by atomic mass is 9.87. The van der Waals surface area contributed by atoms with Gasteiger partial charge in [0.15, 0.2) is 0 Å². The lowest BCUT2D eigenvalue weighted by Gasteiger charge is -2.19. The standard InChI is InChI=1S/C22H42/c1-5-8-9-12-18(6-2)14-17(4)11-10-13-20-16-22(20)21-15-19(21)7-3/h17-22H,5-16H2,1-4H3. The van der Waals surface area contributed by atoms with Crippen LogP contribution in [0.2, 0.25) is 0 Å². The Morgan fingerprint density at radius 1 is 0.864 bits per heavy atom. The molecule has 130 valence electrons. The zero-order valence-corrected chi connectivity index (χ0v) is 15.9. The van der Waals surface area contributed by atoms with Crippen LogP contribution in [0.3, 0.4) is 0 Å². The Balaban J connectivity index is 1.50. The summed E-state index contributed by atoms with van der Waals surface area (Å²) in [6.45, 7) is 9.62. The molecule has 6 atom stereocenters. The third kappa shape index (κ3) is 5.89. The van der Waals surface area contributed by atoms with Gasteiger partial charge in [0.1, 0.15) is 0 Å². The topological polar surface area (TPSA) is 0 Å². The fourth-order valence-electron chi connectivity index (χ4n) is 4.98. The number of rotatable bonds is 13. The Morgan fingerprint density at radius 3 is 2.23 bits per heavy atom. The van der Waals surface area contributed by atoms with Crippen molar-refractivity contribution in [3.05, 3.63) is 0 Å². The van der Waals surface area contributed by atoms with Gasteiger partial charge in [-0.3, -0.25) is 0 Å². The summed E-state index contributed by atoms with van der Waals surface area (Å²) in [5, 5.41) is 0. The highest BCUT2D eigenvalue weighted by Crippen LogP contribution is 2.60. The first kappa shape index (κ1) is 18.3. The van der Waals surface area contributed by atoms with Crippen molar-refractivity contribution >= 4 is 0 Å². The first-order chi connectivity index (χ1) is 10.7. The Morgan fingerprint density at radius 2 is 1.59 bits per heavy atom. The normalized spacial score (nSPS) is 32.7. The molecule has 0 aliphatic heterocycles. The van der Waals surface area contributed by atoms with Gasteiger partial charge in [-0.1, -0.05) is 85.5 Å². The van der Waals surface area contributed by atoms with Gasteiger partial charge in [-0.2, -0.15) is 0 Å². The Labute approximate surface area is 140 Å². The average Bonchev–Trinajstić information content (AvgIpc) is 3.39. The summed E-state index contributed by atoms with van der Waals surface area (Å²) in [6, 6.07) is 0. The van der Waals surface area contributed by atoms with Crippen LogP contribution in [-0.4, -0.2) is 0 Å². The minimum absolute atomic E-state index is 0.966. The van der Waals surface area contributed by atoms with Gasteiger partial charge in [0, 0.05) is 0 Å². The van der Waals surface area contributed by atoms with Crippen molar-refractivity contribution < 1.29 is 0 Å². The minimum Gasteiger partial charge on any atom is -0.0654 e. The minimum atomic E-state index is 0.966. The maximum atomic E-state index is 2.51. The fraction of sp³-hybridized carbons (Fsp3) is 1.00. The quantitative estimate of drug-likeness (QED) is 0.309. The first-order valence-electron chi connectivity index (χ1n) is 10.7. The van der Waals surface area contributed by atoms with E-state index in [9.17, 15) is 0 Å². The number of hydrogen-bond donors (Lipinski definition) is 0. The Hall–Kier alpha value is 0. The molecule has 0 aromatic rings. The molecule has 2 aliphatic rings. The molecule has 22 heavy (non-hydrogen) atoms. The van der Waals surface area contributed by atoms with Crippen LogP contribution in [0.15, 0.2) is 0 Å². The van der Waals surface area contributed by atoms with Crippen molar-refractivity contribution in [2.45, 2.75) is 105 Å². The highest BCUT2D eigenvalue weighted by atomic mass is 14.6. The molecular weight excluding hydrogens is 264 g/mol. The van der Waals surface area contributed by atoms with E-state index in [1.165, 1.54) is 57.8 Å². The van der Waals surface area contributed by atoms with Gasteiger partial charge < -0.3 is 0 Å². The van der Waals surface area contributed by atoms with Crippen LogP contribution in [-0.2, 0) is 0 Å². The lowest BCUT2D eigenvalue weighted by molar-refractivity contribution is 0.329. The van der Waals surface area contributed by atoms with Gasteiger partial charge in [0.2, 0.25) is 0 Å². The second-order valence-electron chi connectivity index (χ2n) is 8.77. The third-order valence-electron chi connectivity index (χ3n) is 6.83. The molecule has 0 aromatic carbocycles. The fourth-order valence-corrected chi connectivity index (χ4v) is 4.98. The molecule has 2 fully saturated rings. The maximum Gasteiger partial charge on any atom is -0.0352 e. The summed E-state index contributed by atoms with van der Waals surface area (Å²) in [7, 11) is 0. The van der Waals surface area contributed by atoms with Crippen LogP contribution in [0.1, 0.15) is 105 Å². The van der Waals surface area contributed by atoms with E-state index >= 15 is 0 Å². The molecule has 2 rings (SSSR count). The number of hydrogen-bond acceptors (Lipinski definition) is 0. The van der Waals surface area contributed by atoms with Crippen LogP contribution < -0.4 is 0 Å². The van der Waals surface area contributed by atoms with Crippen molar-refractivity contribution in [1.29, 1.82) is 0 Å². The van der Waals surface area contributed by atoms with Crippen LogP contribution in [0.25, 0.3) is 0 Å². The zero-order chi connectivity index (χ0) is 15.9. The Kier molecular flexibility index (Phi) is 7.78. The zero-order valence-electron chi connectivity index (χ0n) is 15.9. The largest absolute Gasteiger partial charge is 0.0654 e. The second kappa shape index (κ2) is 9.33. The van der Waals surface area contributed by atoms with Crippen LogP contribution in [0, 0.1) is 35.5 Å². The van der Waals surface area contributed by atoms with Gasteiger partial charge in [-0.05, 0) is 54.8 Å². The molecule has 0 aromatic heterocycles. The molecule has 0 nitrogen and oxygen atoms in total. The lowest BCUT2D eigenvalue weighted by Crippen LogP contribution is -2.06. The monoisotopic (exact) mass is 306 g/mol. The molecular formula is C22H42. The SMILES string of the molecule is CCCCCC(CC)CC(C)CCCC1CC1C1CC1CC. The maximum absolute atomic E-state index is 2.51. The predicted octanol–water partition coefficient (Wildman–Crippen LogP) is 7.47. The van der Waals surface area contributed by atoms with E-state index in [1.807, 2.05) is 0 Å². The summed E-state index contributed by atoms with van der Waals surface area (Å²) in [6.07, 6.45) is 17.8. The van der Waals surface area contributed by atoms with Crippen molar-refractivity contribution in [2.75, 3.05) is 0 Å². The van der Waals surface area contributed by atoms with E-state index in [2.05, 4.69) is 27.7 Å². The molecule has 0 bridgehead atoms. The van der Waals surface area contributed by atoms with Gasteiger partial charge >= 0.3 is 0 Å². The van der Waals surface area contributed by atoms with E-state index in [1.54, 1.807) is 19.3 Å². The van der Waals surface area contributed by atoms with Crippen molar-refractivity contribution in [3.8, 4) is 0 Å². The molecule has 2 aliphatic carbocycles. The molecule has 2 saturated carbocycles. The van der Waals surface area contributed by atoms with Crippen LogP contribution in [0.4, 0.5) is 0 Å². The van der Waals surface area contributed by atoms with Crippen molar-refractivity contribution in [3.63, 3.8) is 0 Å². The third-order valence-corrected chi connectivity index (χ3v) is 6.83. The van der Waals surface area contributed by atoms with Gasteiger partial charge in [0.05, 0.1) is 0 Å². The van der Waals surface area contributed by atoms with Crippen molar-refractivity contribution in [2.24, 2.45) is 35.5 Å². The Bertz CT molecular complexity index is 294. The molecule has 0 amide bonds. The summed E-state index contributed by atoms with van der Waals surface area (Å²) in [5.74, 6) is 6.57. The average molecular weight is 307 g/mol. The second-order valence-corrected chi connectivity index (χ2v) is 8.77. The van der Waals surface area contributed by atoms with E-state index in [0.717, 1.165) is 35.5 Å². The molecule has 6 unspecified atom stereocenters.